The van der Waals surface area contributed by atoms with E-state index in [-0.39, 0.29) is 11.3 Å². The summed E-state index contributed by atoms with van der Waals surface area (Å²) in [5.41, 5.74) is 2.15. The van der Waals surface area contributed by atoms with E-state index in [9.17, 15) is 13.2 Å². The highest BCUT2D eigenvalue weighted by molar-refractivity contribution is 7.89. The molecule has 3 aromatic carbocycles. The Morgan fingerprint density at radius 1 is 0.968 bits per heavy atom. The van der Waals surface area contributed by atoms with Gasteiger partial charge in [-0.25, -0.2) is 8.42 Å². The standard InChI is InChI=1S/C24H26N2O4S/c1-3-30-23-15-14-21(16-18(23)2)31(28,29)26-22(17-19-10-6-4-7-11-19)24(27)25-20-12-8-5-9-13-20/h4-16,22,26H,3,17H2,1-2H3,(H,25,27)/t22-/m1/s1. The van der Waals surface area contributed by atoms with Crippen LogP contribution in [0.2, 0.25) is 0 Å². The monoisotopic (exact) mass is 438 g/mol. The Morgan fingerprint density at radius 2 is 1.61 bits per heavy atom. The molecule has 162 valence electrons. The number of carbonyl (C=O) groups excluding carboxylic acids is 1. The lowest BCUT2D eigenvalue weighted by molar-refractivity contribution is -0.117. The molecule has 0 aromatic heterocycles. The second-order valence-corrected chi connectivity index (χ2v) is 8.79. The Labute approximate surface area is 183 Å². The van der Waals surface area contributed by atoms with Gasteiger partial charge in [0.1, 0.15) is 11.8 Å². The van der Waals surface area contributed by atoms with Gasteiger partial charge >= 0.3 is 0 Å². The fourth-order valence-corrected chi connectivity index (χ4v) is 4.43. The number of nitrogens with one attached hydrogen (secondary N) is 2. The van der Waals surface area contributed by atoms with Gasteiger partial charge in [-0.1, -0.05) is 48.5 Å². The van der Waals surface area contributed by atoms with Crippen LogP contribution < -0.4 is 14.8 Å². The number of ether oxygens (including phenoxy) is 1. The minimum atomic E-state index is -3.94. The molecule has 0 unspecified atom stereocenters. The van der Waals surface area contributed by atoms with E-state index in [1.165, 1.54) is 6.07 Å². The fraction of sp³-hybridized carbons (Fsp3) is 0.208. The third-order valence-corrected chi connectivity index (χ3v) is 6.16. The van der Waals surface area contributed by atoms with Gasteiger partial charge in [0.2, 0.25) is 15.9 Å². The smallest absolute Gasteiger partial charge is 0.242 e. The summed E-state index contributed by atoms with van der Waals surface area (Å²) in [4.78, 5) is 13.1. The summed E-state index contributed by atoms with van der Waals surface area (Å²) in [6, 6.07) is 21.9. The van der Waals surface area contributed by atoms with Crippen molar-refractivity contribution in [2.24, 2.45) is 0 Å². The lowest BCUT2D eigenvalue weighted by Crippen LogP contribution is -2.45. The Kier molecular flexibility index (Phi) is 7.44. The lowest BCUT2D eigenvalue weighted by atomic mass is 10.1. The number of para-hydroxylation sites is 1. The van der Waals surface area contributed by atoms with Crippen molar-refractivity contribution in [2.45, 2.75) is 31.2 Å². The van der Waals surface area contributed by atoms with Crippen LogP contribution in [-0.4, -0.2) is 27.0 Å². The van der Waals surface area contributed by atoms with Crippen LogP contribution in [0, 0.1) is 6.92 Å². The molecule has 0 fully saturated rings. The minimum Gasteiger partial charge on any atom is -0.494 e. The molecule has 0 aliphatic rings. The third kappa shape index (κ3) is 6.16. The number of hydrogen-bond donors (Lipinski definition) is 2. The van der Waals surface area contributed by atoms with Crippen LogP contribution >= 0.6 is 0 Å². The van der Waals surface area contributed by atoms with E-state index < -0.39 is 22.0 Å². The zero-order valence-corrected chi connectivity index (χ0v) is 18.4. The van der Waals surface area contributed by atoms with Crippen molar-refractivity contribution in [3.8, 4) is 5.75 Å². The highest BCUT2D eigenvalue weighted by atomic mass is 32.2. The first-order valence-electron chi connectivity index (χ1n) is 10.0. The summed E-state index contributed by atoms with van der Waals surface area (Å²) in [5, 5.41) is 2.79. The Bertz CT molecular complexity index is 1120. The first kappa shape index (κ1) is 22.5. The molecule has 0 aliphatic carbocycles. The number of rotatable bonds is 9. The molecule has 0 spiro atoms. The molecule has 1 atom stereocenters. The van der Waals surface area contributed by atoms with E-state index in [1.807, 2.05) is 43.3 Å². The lowest BCUT2D eigenvalue weighted by Gasteiger charge is -2.19. The van der Waals surface area contributed by atoms with Gasteiger partial charge in [0, 0.05) is 5.69 Å². The van der Waals surface area contributed by atoms with Crippen molar-refractivity contribution in [1.82, 2.24) is 4.72 Å². The average Bonchev–Trinajstić information content (AvgIpc) is 2.76. The largest absolute Gasteiger partial charge is 0.494 e. The zero-order chi connectivity index (χ0) is 22.3. The predicted octanol–water partition coefficient (Wildman–Crippen LogP) is 3.92. The van der Waals surface area contributed by atoms with Crippen LogP contribution in [0.25, 0.3) is 0 Å². The highest BCUT2D eigenvalue weighted by Crippen LogP contribution is 2.22. The molecule has 3 aromatic rings. The molecule has 0 saturated carbocycles. The molecule has 0 heterocycles. The number of carbonyl (C=O) groups is 1. The molecule has 31 heavy (non-hydrogen) atoms. The maximum absolute atomic E-state index is 13.1. The molecule has 0 bridgehead atoms. The van der Waals surface area contributed by atoms with Crippen LogP contribution in [0.15, 0.2) is 83.8 Å². The average molecular weight is 439 g/mol. The summed E-state index contributed by atoms with van der Waals surface area (Å²) in [6.45, 7) is 4.14. The van der Waals surface area contributed by atoms with Gasteiger partial charge < -0.3 is 10.1 Å². The second kappa shape index (κ2) is 10.2. The van der Waals surface area contributed by atoms with E-state index in [4.69, 9.17) is 4.74 Å². The number of amides is 1. The van der Waals surface area contributed by atoms with Crippen LogP contribution in [-0.2, 0) is 21.2 Å². The quantitative estimate of drug-likeness (QED) is 0.530. The second-order valence-electron chi connectivity index (χ2n) is 7.08. The van der Waals surface area contributed by atoms with Crippen LogP contribution in [0.5, 0.6) is 5.75 Å². The number of sulfonamides is 1. The third-order valence-electron chi connectivity index (χ3n) is 4.69. The highest BCUT2D eigenvalue weighted by Gasteiger charge is 2.26. The van der Waals surface area contributed by atoms with Gasteiger partial charge in [-0.3, -0.25) is 4.79 Å². The summed E-state index contributed by atoms with van der Waals surface area (Å²) < 4.78 is 34.2. The maximum atomic E-state index is 13.1. The molecule has 2 N–H and O–H groups in total. The first-order valence-corrected chi connectivity index (χ1v) is 11.5. The molecule has 0 saturated heterocycles. The predicted molar refractivity (Wildman–Crippen MR) is 122 cm³/mol. The van der Waals surface area contributed by atoms with Crippen molar-refractivity contribution in [3.05, 3.63) is 90.0 Å². The summed E-state index contributed by atoms with van der Waals surface area (Å²) in [7, 11) is -3.94. The molecule has 0 radical (unpaired) electrons. The van der Waals surface area contributed by atoms with Crippen LogP contribution in [0.1, 0.15) is 18.1 Å². The Morgan fingerprint density at radius 3 is 2.23 bits per heavy atom. The Balaban J connectivity index is 1.86. The molecular weight excluding hydrogens is 412 g/mol. The van der Waals surface area contributed by atoms with E-state index in [1.54, 1.807) is 43.3 Å². The van der Waals surface area contributed by atoms with E-state index >= 15 is 0 Å². The summed E-state index contributed by atoms with van der Waals surface area (Å²) >= 11 is 0. The molecule has 6 nitrogen and oxygen atoms in total. The van der Waals surface area contributed by atoms with Crippen molar-refractivity contribution in [2.75, 3.05) is 11.9 Å². The molecule has 0 aliphatic heterocycles. The maximum Gasteiger partial charge on any atom is 0.242 e. The topological polar surface area (TPSA) is 84.5 Å². The van der Waals surface area contributed by atoms with E-state index in [2.05, 4.69) is 10.0 Å². The van der Waals surface area contributed by atoms with Crippen molar-refractivity contribution >= 4 is 21.6 Å². The van der Waals surface area contributed by atoms with E-state index in [0.717, 1.165) is 5.56 Å². The van der Waals surface area contributed by atoms with Crippen LogP contribution in [0.3, 0.4) is 0 Å². The van der Waals surface area contributed by atoms with Crippen molar-refractivity contribution in [3.63, 3.8) is 0 Å². The Hall–Kier alpha value is -3.16. The molecule has 7 heteroatoms. The van der Waals surface area contributed by atoms with Gasteiger partial charge in [-0.2, -0.15) is 4.72 Å². The van der Waals surface area contributed by atoms with E-state index in [0.29, 0.717) is 23.6 Å². The van der Waals surface area contributed by atoms with Gasteiger partial charge in [0.25, 0.3) is 0 Å². The zero-order valence-electron chi connectivity index (χ0n) is 17.5. The van der Waals surface area contributed by atoms with Gasteiger partial charge in [-0.15, -0.1) is 0 Å². The summed E-state index contributed by atoms with van der Waals surface area (Å²) in [6.07, 6.45) is 0.217. The first-order chi connectivity index (χ1) is 14.9. The minimum absolute atomic E-state index is 0.0824. The fourth-order valence-electron chi connectivity index (χ4n) is 3.15. The molecular formula is C24H26N2O4S. The number of hydrogen-bond acceptors (Lipinski definition) is 4. The van der Waals surface area contributed by atoms with Gasteiger partial charge in [0.15, 0.2) is 0 Å². The van der Waals surface area contributed by atoms with Gasteiger partial charge in [-0.05, 0) is 61.7 Å². The number of benzene rings is 3. The molecule has 1 amide bonds. The van der Waals surface area contributed by atoms with Gasteiger partial charge in [0.05, 0.1) is 11.5 Å². The number of aryl methyl sites for hydroxylation is 1. The van der Waals surface area contributed by atoms with Crippen molar-refractivity contribution < 1.29 is 17.9 Å². The van der Waals surface area contributed by atoms with Crippen LogP contribution in [0.4, 0.5) is 5.69 Å². The summed E-state index contributed by atoms with van der Waals surface area (Å²) in [5.74, 6) is 0.199. The van der Waals surface area contributed by atoms with Crippen molar-refractivity contribution in [1.29, 1.82) is 0 Å². The normalized spacial score (nSPS) is 12.2. The number of anilines is 1. The molecule has 3 rings (SSSR count). The SMILES string of the molecule is CCOc1ccc(S(=O)(=O)N[C@H](Cc2ccccc2)C(=O)Nc2ccccc2)cc1C.